The van der Waals surface area contributed by atoms with Gasteiger partial charge in [0.2, 0.25) is 0 Å². The number of nitriles is 1. The zero-order valence-corrected chi connectivity index (χ0v) is 9.33. The van der Waals surface area contributed by atoms with Crippen LogP contribution in [-0.4, -0.2) is 24.1 Å². The molecule has 1 aromatic rings. The van der Waals surface area contributed by atoms with Gasteiger partial charge in [-0.25, -0.2) is 4.98 Å². The molecule has 1 aromatic heterocycles. The van der Waals surface area contributed by atoms with Crippen LogP contribution in [0.25, 0.3) is 0 Å². The summed E-state index contributed by atoms with van der Waals surface area (Å²) in [6.07, 6.45) is 1.61. The Labute approximate surface area is 98.6 Å². The van der Waals surface area contributed by atoms with Gasteiger partial charge < -0.3 is 10.6 Å². The lowest BCUT2D eigenvalue weighted by Gasteiger charge is -2.09. The lowest BCUT2D eigenvalue weighted by molar-refractivity contribution is 0.695. The highest BCUT2D eigenvalue weighted by Gasteiger charge is 2.53. The Hall–Kier alpha value is -1.31. The number of nitrogens with zero attached hydrogens (tertiary/aromatic N) is 2. The summed E-state index contributed by atoms with van der Waals surface area (Å²) in [5.41, 5.74) is 0.475. The largest absolute Gasteiger partial charge is 0.365 e. The fraction of sp³-hybridized carbons (Fsp3) is 0.455. The molecule has 1 saturated heterocycles. The highest BCUT2D eigenvalue weighted by molar-refractivity contribution is 6.34. The highest BCUT2D eigenvalue weighted by Crippen LogP contribution is 2.44. The molecule has 5 heteroatoms. The zero-order chi connectivity index (χ0) is 11.1. The molecule has 1 saturated carbocycles. The van der Waals surface area contributed by atoms with Crippen LogP contribution in [0.15, 0.2) is 12.3 Å². The summed E-state index contributed by atoms with van der Waals surface area (Å²) in [7, 11) is 0. The molecular weight excluding hydrogens is 224 g/mol. The van der Waals surface area contributed by atoms with Gasteiger partial charge >= 0.3 is 0 Å². The van der Waals surface area contributed by atoms with Gasteiger partial charge in [-0.1, -0.05) is 11.6 Å². The number of anilines is 1. The van der Waals surface area contributed by atoms with Gasteiger partial charge in [0.25, 0.3) is 0 Å². The molecule has 0 bridgehead atoms. The minimum absolute atomic E-state index is 0.433. The van der Waals surface area contributed by atoms with Crippen molar-refractivity contribution in [2.24, 2.45) is 11.8 Å². The Kier molecular flexibility index (Phi) is 2.23. The van der Waals surface area contributed by atoms with Crippen LogP contribution < -0.4 is 10.6 Å². The zero-order valence-electron chi connectivity index (χ0n) is 8.57. The third-order valence-electron chi connectivity index (χ3n) is 3.40. The third kappa shape index (κ3) is 1.44. The minimum Gasteiger partial charge on any atom is -0.365 e. The molecule has 2 aliphatic rings. The third-order valence-corrected chi connectivity index (χ3v) is 3.79. The first-order valence-corrected chi connectivity index (χ1v) is 5.71. The van der Waals surface area contributed by atoms with E-state index >= 15 is 0 Å². The summed E-state index contributed by atoms with van der Waals surface area (Å²) in [6, 6.07) is 4.16. The molecule has 0 aromatic carbocycles. The monoisotopic (exact) mass is 234 g/mol. The molecule has 2 N–H and O–H groups in total. The van der Waals surface area contributed by atoms with Crippen molar-refractivity contribution in [2.75, 3.05) is 18.4 Å². The van der Waals surface area contributed by atoms with Gasteiger partial charge in [0.05, 0.1) is 5.56 Å². The molecule has 0 spiro atoms. The molecule has 1 aliphatic carbocycles. The van der Waals surface area contributed by atoms with E-state index < -0.39 is 0 Å². The number of piperidine rings is 1. The first kappa shape index (κ1) is 9.88. The number of hydrogen-bond acceptors (Lipinski definition) is 4. The molecule has 82 valence electrons. The summed E-state index contributed by atoms with van der Waals surface area (Å²) in [6.45, 7) is 2.13. The standard InChI is InChI=1S/C11H11ClN4/c12-9-6(3-13)1-2-15-11(9)16-10-7-4-14-5-8(7)10/h1-2,7-8,10,14H,4-5H2,(H,15,16). The average Bonchev–Trinajstić information content (AvgIpc) is 2.76. The van der Waals surface area contributed by atoms with Gasteiger partial charge in [-0.15, -0.1) is 0 Å². The summed E-state index contributed by atoms with van der Waals surface area (Å²) in [4.78, 5) is 4.18. The second-order valence-electron chi connectivity index (χ2n) is 4.29. The van der Waals surface area contributed by atoms with Crippen LogP contribution in [0.3, 0.4) is 0 Å². The van der Waals surface area contributed by atoms with Crippen LogP contribution >= 0.6 is 11.6 Å². The number of nitrogens with one attached hydrogen (secondary N) is 2. The number of pyridine rings is 1. The highest BCUT2D eigenvalue weighted by atomic mass is 35.5. The van der Waals surface area contributed by atoms with E-state index in [9.17, 15) is 0 Å². The van der Waals surface area contributed by atoms with Crippen molar-refractivity contribution in [3.63, 3.8) is 0 Å². The smallest absolute Gasteiger partial charge is 0.146 e. The number of aromatic nitrogens is 1. The van der Waals surface area contributed by atoms with E-state index in [1.165, 1.54) is 0 Å². The van der Waals surface area contributed by atoms with Crippen LogP contribution in [0.4, 0.5) is 5.82 Å². The van der Waals surface area contributed by atoms with E-state index in [1.54, 1.807) is 12.3 Å². The second-order valence-corrected chi connectivity index (χ2v) is 4.67. The number of hydrogen-bond donors (Lipinski definition) is 2. The van der Waals surface area contributed by atoms with Crippen molar-refractivity contribution in [3.05, 3.63) is 22.8 Å². The van der Waals surface area contributed by atoms with Crippen LogP contribution in [0.1, 0.15) is 5.56 Å². The molecule has 0 radical (unpaired) electrons. The Morgan fingerprint density at radius 3 is 2.94 bits per heavy atom. The normalized spacial score (nSPS) is 30.6. The minimum atomic E-state index is 0.433. The van der Waals surface area contributed by atoms with E-state index in [-0.39, 0.29) is 0 Å². The van der Waals surface area contributed by atoms with E-state index in [0.717, 1.165) is 13.1 Å². The van der Waals surface area contributed by atoms with Crippen molar-refractivity contribution in [3.8, 4) is 6.07 Å². The molecule has 1 aliphatic heterocycles. The van der Waals surface area contributed by atoms with E-state index in [0.29, 0.717) is 34.3 Å². The molecule has 3 rings (SSSR count). The molecule has 2 fully saturated rings. The first-order valence-electron chi connectivity index (χ1n) is 5.33. The predicted octanol–water partition coefficient (Wildman–Crippen LogP) is 1.24. The molecule has 4 nitrogen and oxygen atoms in total. The molecule has 0 amide bonds. The van der Waals surface area contributed by atoms with Gasteiger partial charge in [0.15, 0.2) is 0 Å². The SMILES string of the molecule is N#Cc1ccnc(NC2C3CNCC32)c1Cl. The van der Waals surface area contributed by atoms with Crippen LogP contribution in [-0.2, 0) is 0 Å². The number of halogens is 1. The quantitative estimate of drug-likeness (QED) is 0.808. The lowest BCUT2D eigenvalue weighted by Crippen LogP contribution is -2.21. The topological polar surface area (TPSA) is 60.7 Å². The van der Waals surface area contributed by atoms with Crippen molar-refractivity contribution in [1.29, 1.82) is 5.26 Å². The summed E-state index contributed by atoms with van der Waals surface area (Å²) in [5.74, 6) is 2.03. The van der Waals surface area contributed by atoms with Crippen molar-refractivity contribution in [2.45, 2.75) is 6.04 Å². The maximum Gasteiger partial charge on any atom is 0.146 e. The summed E-state index contributed by atoms with van der Waals surface area (Å²) < 4.78 is 0. The van der Waals surface area contributed by atoms with E-state index in [1.807, 2.05) is 0 Å². The lowest BCUT2D eigenvalue weighted by atomic mass is 10.3. The maximum absolute atomic E-state index is 8.85. The second kappa shape index (κ2) is 3.62. The van der Waals surface area contributed by atoms with Gasteiger partial charge in [0.1, 0.15) is 16.9 Å². The van der Waals surface area contributed by atoms with Crippen LogP contribution in [0.2, 0.25) is 5.02 Å². The van der Waals surface area contributed by atoms with Crippen LogP contribution in [0, 0.1) is 23.2 Å². The maximum atomic E-state index is 8.85. The van der Waals surface area contributed by atoms with Gasteiger partial charge in [-0.3, -0.25) is 0 Å². The fourth-order valence-electron chi connectivity index (χ4n) is 2.42. The molecule has 2 atom stereocenters. The van der Waals surface area contributed by atoms with Gasteiger partial charge in [0, 0.05) is 25.3 Å². The molecule has 16 heavy (non-hydrogen) atoms. The Morgan fingerprint density at radius 2 is 2.25 bits per heavy atom. The molecule has 2 heterocycles. The Bertz CT molecular complexity index is 458. The first-order chi connectivity index (χ1) is 7.81. The van der Waals surface area contributed by atoms with Crippen LogP contribution in [0.5, 0.6) is 0 Å². The number of fused-ring (bicyclic) bond motifs is 1. The fourth-order valence-corrected chi connectivity index (χ4v) is 2.63. The van der Waals surface area contributed by atoms with Crippen molar-refractivity contribution < 1.29 is 0 Å². The van der Waals surface area contributed by atoms with Gasteiger partial charge in [-0.2, -0.15) is 5.26 Å². The van der Waals surface area contributed by atoms with E-state index in [2.05, 4.69) is 21.7 Å². The molecule has 2 unspecified atom stereocenters. The molecular formula is C11H11ClN4. The van der Waals surface area contributed by atoms with E-state index in [4.69, 9.17) is 16.9 Å². The summed E-state index contributed by atoms with van der Waals surface area (Å²) >= 11 is 6.07. The Morgan fingerprint density at radius 1 is 1.50 bits per heavy atom. The predicted molar refractivity (Wildman–Crippen MR) is 61.2 cm³/mol. The number of rotatable bonds is 2. The summed E-state index contributed by atoms with van der Waals surface area (Å²) in [5, 5.41) is 15.9. The average molecular weight is 235 g/mol. The van der Waals surface area contributed by atoms with Crippen molar-refractivity contribution in [1.82, 2.24) is 10.3 Å². The Balaban J connectivity index is 1.78. The van der Waals surface area contributed by atoms with Crippen molar-refractivity contribution >= 4 is 17.4 Å². The van der Waals surface area contributed by atoms with Gasteiger partial charge in [-0.05, 0) is 17.9 Å².